The number of nitrogens with zero attached hydrogens (tertiary/aromatic N) is 1. The number of ether oxygens (including phenoxy) is 2. The highest BCUT2D eigenvalue weighted by Gasteiger charge is 2.71. The van der Waals surface area contributed by atoms with Crippen molar-refractivity contribution in [3.05, 3.63) is 11.6 Å². The fourth-order valence-corrected chi connectivity index (χ4v) is 11.5. The first-order valence-electron chi connectivity index (χ1n) is 17.3. The molecule has 0 aromatic rings. The summed E-state index contributed by atoms with van der Waals surface area (Å²) in [5.41, 5.74) is 0.577. The summed E-state index contributed by atoms with van der Waals surface area (Å²) in [6.07, 6.45) is 2.55. The monoisotopic (exact) mass is 633 g/mol. The van der Waals surface area contributed by atoms with Gasteiger partial charge in [0.2, 0.25) is 0 Å². The number of Topliss-reactive ketones (excluding diaryl/α,β-unsaturated/α-hetero) is 1. The standard InChI is InChI=1S/C36H59NO8/c1-20(2)10-9-14-36(8,45-31-30(42)29(41)28(40)23(19-38)44-31)21-11-16-35(7)27(21)22(39)18-25-33(5)15-13-26(37-43)32(3,4)24(33)12-17-34(25,35)6/h10,21,23-25,27-31,38,40-43H,9,11-19H2,1-8H3/b37-26+/t21-,23+,24-,25+,27-,28+,29-,30+,31-,33-,34+,35+,36-/m0/s1. The average Bonchev–Trinajstić information content (AvgIpc) is 3.35. The summed E-state index contributed by atoms with van der Waals surface area (Å²) in [5, 5.41) is 55.3. The van der Waals surface area contributed by atoms with E-state index in [-0.39, 0.29) is 45.2 Å². The van der Waals surface area contributed by atoms with E-state index in [1.807, 2.05) is 20.8 Å². The molecule has 4 aliphatic carbocycles. The van der Waals surface area contributed by atoms with Crippen LogP contribution >= 0.6 is 0 Å². The summed E-state index contributed by atoms with van der Waals surface area (Å²) in [6.45, 7) is 17.2. The first-order chi connectivity index (χ1) is 20.9. The minimum atomic E-state index is -1.53. The van der Waals surface area contributed by atoms with Gasteiger partial charge in [-0.05, 0) is 106 Å². The number of aliphatic hydroxyl groups is 4. The maximum Gasteiger partial charge on any atom is 0.187 e. The Balaban J connectivity index is 1.49. The van der Waals surface area contributed by atoms with Crippen LogP contribution in [0, 0.1) is 45.3 Å². The summed E-state index contributed by atoms with van der Waals surface area (Å²) in [6, 6.07) is 0. The van der Waals surface area contributed by atoms with Crippen LogP contribution < -0.4 is 0 Å². The van der Waals surface area contributed by atoms with Gasteiger partial charge in [-0.2, -0.15) is 0 Å². The highest BCUT2D eigenvalue weighted by molar-refractivity contribution is 5.90. The highest BCUT2D eigenvalue weighted by Crippen LogP contribution is 2.75. The third-order valence-corrected chi connectivity index (χ3v) is 14.3. The van der Waals surface area contributed by atoms with Crippen molar-refractivity contribution < 1.29 is 39.9 Å². The van der Waals surface area contributed by atoms with Crippen molar-refractivity contribution in [3.63, 3.8) is 0 Å². The Bertz CT molecular complexity index is 1200. The fraction of sp³-hybridized carbons (Fsp3) is 0.889. The number of aliphatic hydroxyl groups excluding tert-OH is 4. The second-order valence-electron chi connectivity index (χ2n) is 17.0. The molecule has 9 nitrogen and oxygen atoms in total. The number of allylic oxidation sites excluding steroid dienone is 2. The zero-order chi connectivity index (χ0) is 33.3. The van der Waals surface area contributed by atoms with Gasteiger partial charge in [0, 0.05) is 17.8 Å². The van der Waals surface area contributed by atoms with Crippen LogP contribution in [0.3, 0.4) is 0 Å². The smallest absolute Gasteiger partial charge is 0.187 e. The molecule has 0 unspecified atom stereocenters. The van der Waals surface area contributed by atoms with Crippen LogP contribution in [0.4, 0.5) is 0 Å². The number of carbonyl (C=O) groups is 1. The molecule has 5 rings (SSSR count). The highest BCUT2D eigenvalue weighted by atomic mass is 16.7. The van der Waals surface area contributed by atoms with E-state index in [1.54, 1.807) is 0 Å². The van der Waals surface area contributed by atoms with E-state index >= 15 is 0 Å². The molecule has 13 atom stereocenters. The Hall–Kier alpha value is -1.36. The molecule has 1 saturated heterocycles. The molecule has 0 radical (unpaired) electrons. The average molecular weight is 634 g/mol. The summed E-state index contributed by atoms with van der Waals surface area (Å²) >= 11 is 0. The van der Waals surface area contributed by atoms with E-state index in [1.165, 1.54) is 5.57 Å². The summed E-state index contributed by atoms with van der Waals surface area (Å²) in [5.74, 6) is 0.476. The van der Waals surface area contributed by atoms with Gasteiger partial charge in [-0.3, -0.25) is 4.79 Å². The van der Waals surface area contributed by atoms with Gasteiger partial charge in [-0.1, -0.05) is 51.4 Å². The van der Waals surface area contributed by atoms with Crippen LogP contribution in [0.15, 0.2) is 16.8 Å². The van der Waals surface area contributed by atoms with Crippen molar-refractivity contribution in [1.29, 1.82) is 0 Å². The predicted molar refractivity (Wildman–Crippen MR) is 171 cm³/mol. The molecule has 256 valence electrons. The Morgan fingerprint density at radius 2 is 1.67 bits per heavy atom. The lowest BCUT2D eigenvalue weighted by Crippen LogP contribution is -2.66. The molecule has 45 heavy (non-hydrogen) atoms. The molecule has 5 fully saturated rings. The Morgan fingerprint density at radius 1 is 1.00 bits per heavy atom. The zero-order valence-electron chi connectivity index (χ0n) is 28.8. The third kappa shape index (κ3) is 5.27. The van der Waals surface area contributed by atoms with Gasteiger partial charge in [0.05, 0.1) is 17.9 Å². The maximum atomic E-state index is 14.6. The number of ketones is 1. The zero-order valence-corrected chi connectivity index (χ0v) is 28.8. The Kier molecular flexibility index (Phi) is 9.29. The van der Waals surface area contributed by atoms with Gasteiger partial charge in [0.25, 0.3) is 0 Å². The molecule has 9 heteroatoms. The molecule has 1 aliphatic heterocycles. The number of fused-ring (bicyclic) bond motifs is 5. The van der Waals surface area contributed by atoms with E-state index in [0.29, 0.717) is 25.2 Å². The van der Waals surface area contributed by atoms with Crippen LogP contribution in [-0.2, 0) is 14.3 Å². The first-order valence-corrected chi connectivity index (χ1v) is 17.3. The van der Waals surface area contributed by atoms with E-state index in [0.717, 1.165) is 44.2 Å². The summed E-state index contributed by atoms with van der Waals surface area (Å²) in [7, 11) is 0. The number of hydrogen-bond acceptors (Lipinski definition) is 9. The van der Waals surface area contributed by atoms with Gasteiger partial charge in [0.15, 0.2) is 6.29 Å². The molecule has 4 saturated carbocycles. The van der Waals surface area contributed by atoms with Crippen molar-refractivity contribution in [3.8, 4) is 0 Å². The maximum absolute atomic E-state index is 14.6. The SMILES string of the molecule is CC(C)=CCC[C@](C)(O[C@@H]1O[C@H](CO)[C@@H](O)[C@H](O)[C@H]1O)[C@H]1CC[C@]2(C)[C@@H]1C(=O)C[C@@H]1[C@@]3(C)CC/C(=N\O)C(C)(C)[C@@H]3CC[C@]12C. The van der Waals surface area contributed by atoms with E-state index in [2.05, 4.69) is 45.9 Å². The van der Waals surface area contributed by atoms with E-state index < -0.39 is 42.9 Å². The predicted octanol–water partition coefficient (Wildman–Crippen LogP) is 5.00. The molecule has 0 aromatic carbocycles. The van der Waals surface area contributed by atoms with Crippen molar-refractivity contribution in [1.82, 2.24) is 0 Å². The molecule has 1 heterocycles. The number of rotatable bonds is 7. The van der Waals surface area contributed by atoms with Gasteiger partial charge in [-0.25, -0.2) is 0 Å². The van der Waals surface area contributed by atoms with E-state index in [4.69, 9.17) is 9.47 Å². The molecule has 5 aliphatic rings. The number of hydrogen-bond donors (Lipinski definition) is 5. The first kappa shape index (κ1) is 35.0. The fourth-order valence-electron chi connectivity index (χ4n) is 11.5. The van der Waals surface area contributed by atoms with Gasteiger partial charge < -0.3 is 35.1 Å². The molecular formula is C36H59NO8. The summed E-state index contributed by atoms with van der Waals surface area (Å²) in [4.78, 5) is 14.6. The van der Waals surface area contributed by atoms with Gasteiger partial charge in [-0.15, -0.1) is 0 Å². The van der Waals surface area contributed by atoms with Gasteiger partial charge >= 0.3 is 0 Å². The number of oxime groups is 1. The number of carbonyl (C=O) groups excluding carboxylic acids is 1. The minimum absolute atomic E-state index is 0.0496. The molecule has 5 N–H and O–H groups in total. The molecule has 0 spiro atoms. The Labute approximate surface area is 269 Å². The lowest BCUT2D eigenvalue weighted by Gasteiger charge is -2.68. The minimum Gasteiger partial charge on any atom is -0.411 e. The van der Waals surface area contributed by atoms with Crippen molar-refractivity contribution >= 4 is 11.5 Å². The third-order valence-electron chi connectivity index (χ3n) is 14.3. The molecule has 0 amide bonds. The van der Waals surface area contributed by atoms with Crippen molar-refractivity contribution in [2.45, 2.75) is 149 Å². The molecular weight excluding hydrogens is 574 g/mol. The second kappa shape index (κ2) is 12.0. The van der Waals surface area contributed by atoms with Crippen molar-refractivity contribution in [2.75, 3.05) is 6.61 Å². The van der Waals surface area contributed by atoms with E-state index in [9.17, 15) is 30.4 Å². The van der Waals surface area contributed by atoms with Gasteiger partial charge in [0.1, 0.15) is 30.2 Å². The molecule has 0 aromatic heterocycles. The quantitative estimate of drug-likeness (QED) is 0.149. The largest absolute Gasteiger partial charge is 0.411 e. The lowest BCUT2D eigenvalue weighted by atomic mass is 9.35. The van der Waals surface area contributed by atoms with Crippen molar-refractivity contribution in [2.24, 2.45) is 50.5 Å². The summed E-state index contributed by atoms with van der Waals surface area (Å²) < 4.78 is 12.6. The molecule has 0 bridgehead atoms. The topological polar surface area (TPSA) is 149 Å². The second-order valence-corrected chi connectivity index (χ2v) is 17.0. The lowest BCUT2D eigenvalue weighted by molar-refractivity contribution is -0.333. The Morgan fingerprint density at radius 3 is 2.29 bits per heavy atom. The van der Waals surface area contributed by atoms with Crippen LogP contribution in [0.5, 0.6) is 0 Å². The van der Waals surface area contributed by atoms with Crippen LogP contribution in [-0.4, -0.2) is 80.0 Å². The van der Waals surface area contributed by atoms with Crippen LogP contribution in [0.2, 0.25) is 0 Å². The van der Waals surface area contributed by atoms with Crippen LogP contribution in [0.25, 0.3) is 0 Å². The van der Waals surface area contributed by atoms with Crippen LogP contribution in [0.1, 0.15) is 113 Å². The normalized spacial score (nSPS) is 48.2.